The topological polar surface area (TPSA) is 26.3 Å². The van der Waals surface area contributed by atoms with Gasteiger partial charge in [-0.3, -0.25) is 0 Å². The van der Waals surface area contributed by atoms with Gasteiger partial charge in [0.2, 0.25) is 0 Å². The summed E-state index contributed by atoms with van der Waals surface area (Å²) in [6.07, 6.45) is 14.2. The number of nitrogens with zero attached hydrogens (tertiary/aromatic N) is 1. The lowest BCUT2D eigenvalue weighted by molar-refractivity contribution is -0.887. The van der Waals surface area contributed by atoms with Crippen molar-refractivity contribution in [3.05, 3.63) is 0 Å². The third kappa shape index (κ3) is 10.8. The molecular formula is C18H38NO2+. The summed E-state index contributed by atoms with van der Waals surface area (Å²) in [5, 5.41) is 0. The van der Waals surface area contributed by atoms with Gasteiger partial charge in [0.15, 0.2) is 6.04 Å². The van der Waals surface area contributed by atoms with E-state index in [1.165, 1.54) is 64.9 Å². The number of rotatable bonds is 13. The lowest BCUT2D eigenvalue weighted by atomic mass is 10.0. The van der Waals surface area contributed by atoms with Crippen LogP contribution in [-0.4, -0.2) is 44.7 Å². The van der Waals surface area contributed by atoms with E-state index >= 15 is 0 Å². The fourth-order valence-corrected chi connectivity index (χ4v) is 2.78. The van der Waals surface area contributed by atoms with Gasteiger partial charge in [-0.1, -0.05) is 64.7 Å². The third-order valence-corrected chi connectivity index (χ3v) is 4.24. The molecule has 0 aliphatic carbocycles. The molecule has 0 aromatic carbocycles. The maximum absolute atomic E-state index is 11.8. The van der Waals surface area contributed by atoms with Crippen LogP contribution in [-0.2, 0) is 9.53 Å². The molecule has 0 spiro atoms. The predicted molar refractivity (Wildman–Crippen MR) is 90.3 cm³/mol. The van der Waals surface area contributed by atoms with Gasteiger partial charge in [-0.2, -0.15) is 0 Å². The summed E-state index contributed by atoms with van der Waals surface area (Å²) in [7, 11) is 7.69. The van der Waals surface area contributed by atoms with Gasteiger partial charge in [0.05, 0.1) is 28.3 Å². The standard InChI is InChI=1S/C18H38NO2/c1-6-7-8-9-10-11-12-13-14-15-16-17(18(20)21-5)19(2,3)4/h17H,6-16H2,1-5H3/q+1. The number of carbonyl (C=O) groups excluding carboxylic acids is 1. The number of unbranched alkanes of at least 4 members (excludes halogenated alkanes) is 9. The van der Waals surface area contributed by atoms with Crippen LogP contribution < -0.4 is 0 Å². The van der Waals surface area contributed by atoms with Crippen molar-refractivity contribution in [2.45, 2.75) is 83.6 Å². The Bertz CT molecular complexity index is 258. The van der Waals surface area contributed by atoms with Crippen molar-refractivity contribution < 1.29 is 14.0 Å². The van der Waals surface area contributed by atoms with Crippen LogP contribution in [0.5, 0.6) is 0 Å². The van der Waals surface area contributed by atoms with Crippen LogP contribution in [0.3, 0.4) is 0 Å². The number of esters is 1. The molecule has 0 N–H and O–H groups in total. The molecule has 1 atom stereocenters. The summed E-state index contributed by atoms with van der Waals surface area (Å²) >= 11 is 0. The van der Waals surface area contributed by atoms with Crippen LogP contribution in [0.25, 0.3) is 0 Å². The molecule has 0 aliphatic heterocycles. The minimum Gasteiger partial charge on any atom is -0.465 e. The van der Waals surface area contributed by atoms with E-state index in [2.05, 4.69) is 28.1 Å². The molecule has 0 rings (SSSR count). The lowest BCUT2D eigenvalue weighted by Gasteiger charge is -2.32. The number of methoxy groups -OCH3 is 1. The normalized spacial score (nSPS) is 13.2. The molecule has 21 heavy (non-hydrogen) atoms. The van der Waals surface area contributed by atoms with Crippen molar-refractivity contribution in [1.82, 2.24) is 0 Å². The third-order valence-electron chi connectivity index (χ3n) is 4.24. The molecule has 0 amide bonds. The second-order valence-corrected chi connectivity index (χ2v) is 7.13. The molecule has 126 valence electrons. The van der Waals surface area contributed by atoms with Crippen LogP contribution in [0.4, 0.5) is 0 Å². The van der Waals surface area contributed by atoms with Crippen LogP contribution in [0.2, 0.25) is 0 Å². The second kappa shape index (κ2) is 12.0. The molecule has 0 radical (unpaired) electrons. The summed E-state index contributed by atoms with van der Waals surface area (Å²) in [6, 6.07) is -0.0240. The average Bonchev–Trinajstić information content (AvgIpc) is 2.42. The Morgan fingerprint density at radius 2 is 1.29 bits per heavy atom. The molecule has 0 saturated carbocycles. The van der Waals surface area contributed by atoms with Crippen LogP contribution in [0, 0.1) is 0 Å². The van der Waals surface area contributed by atoms with Gasteiger partial charge in [0.1, 0.15) is 0 Å². The summed E-state index contributed by atoms with van der Waals surface area (Å²) in [5.41, 5.74) is 0. The Morgan fingerprint density at radius 1 is 0.857 bits per heavy atom. The fraction of sp³-hybridized carbons (Fsp3) is 0.944. The first-order chi connectivity index (χ1) is 9.93. The minimum absolute atomic E-state index is 0.0240. The summed E-state index contributed by atoms with van der Waals surface area (Å²) in [5.74, 6) is -0.0709. The van der Waals surface area contributed by atoms with Crippen LogP contribution in [0.15, 0.2) is 0 Å². The Kier molecular flexibility index (Phi) is 11.7. The van der Waals surface area contributed by atoms with E-state index < -0.39 is 0 Å². The SMILES string of the molecule is CCCCCCCCCCCCC(C(=O)OC)[N+](C)(C)C. The molecule has 0 aliphatic rings. The monoisotopic (exact) mass is 300 g/mol. The van der Waals surface area contributed by atoms with E-state index in [4.69, 9.17) is 4.74 Å². The molecule has 3 nitrogen and oxygen atoms in total. The zero-order valence-corrected chi connectivity index (χ0v) is 15.1. The summed E-state index contributed by atoms with van der Waals surface area (Å²) in [4.78, 5) is 11.8. The number of hydrogen-bond acceptors (Lipinski definition) is 2. The lowest BCUT2D eigenvalue weighted by Crippen LogP contribution is -2.50. The van der Waals surface area contributed by atoms with Gasteiger partial charge >= 0.3 is 5.97 Å². The number of ether oxygens (including phenoxy) is 1. The van der Waals surface area contributed by atoms with Crippen molar-refractivity contribution in [2.24, 2.45) is 0 Å². The number of hydrogen-bond donors (Lipinski definition) is 0. The van der Waals surface area contributed by atoms with E-state index in [-0.39, 0.29) is 12.0 Å². The highest BCUT2D eigenvalue weighted by atomic mass is 16.5. The molecule has 0 fully saturated rings. The van der Waals surface area contributed by atoms with Gasteiger partial charge in [0.25, 0.3) is 0 Å². The Balaban J connectivity index is 3.61. The maximum atomic E-state index is 11.8. The van der Waals surface area contributed by atoms with Crippen molar-refractivity contribution in [3.8, 4) is 0 Å². The van der Waals surface area contributed by atoms with Gasteiger partial charge < -0.3 is 9.22 Å². The summed E-state index contributed by atoms with van der Waals surface area (Å²) in [6.45, 7) is 2.26. The molecule has 0 heterocycles. The molecule has 3 heteroatoms. The largest absolute Gasteiger partial charge is 0.465 e. The highest BCUT2D eigenvalue weighted by Gasteiger charge is 2.31. The molecule has 1 unspecified atom stereocenters. The fourth-order valence-electron chi connectivity index (χ4n) is 2.78. The Labute approximate surface area is 132 Å². The number of carbonyl (C=O) groups is 1. The zero-order valence-electron chi connectivity index (χ0n) is 15.1. The van der Waals surface area contributed by atoms with Gasteiger partial charge in [-0.05, 0) is 6.42 Å². The number of quaternary nitrogens is 1. The molecule has 0 aromatic rings. The van der Waals surface area contributed by atoms with E-state index in [9.17, 15) is 4.79 Å². The van der Waals surface area contributed by atoms with Gasteiger partial charge in [-0.25, -0.2) is 4.79 Å². The Morgan fingerprint density at radius 3 is 1.67 bits per heavy atom. The molecule has 0 saturated heterocycles. The van der Waals surface area contributed by atoms with Crippen molar-refractivity contribution in [3.63, 3.8) is 0 Å². The first-order valence-corrected chi connectivity index (χ1v) is 8.82. The van der Waals surface area contributed by atoms with Crippen molar-refractivity contribution >= 4 is 5.97 Å². The maximum Gasteiger partial charge on any atom is 0.364 e. The quantitative estimate of drug-likeness (QED) is 0.283. The van der Waals surface area contributed by atoms with E-state index in [1.807, 2.05) is 0 Å². The van der Waals surface area contributed by atoms with Crippen LogP contribution in [0.1, 0.15) is 77.6 Å². The predicted octanol–water partition coefficient (Wildman–Crippen LogP) is 4.55. The molecule has 0 bridgehead atoms. The first-order valence-electron chi connectivity index (χ1n) is 8.82. The first kappa shape index (κ1) is 20.4. The molecule has 0 aromatic heterocycles. The summed E-state index contributed by atoms with van der Waals surface area (Å²) < 4.78 is 5.58. The Hall–Kier alpha value is -0.570. The van der Waals surface area contributed by atoms with E-state index in [1.54, 1.807) is 0 Å². The average molecular weight is 301 g/mol. The van der Waals surface area contributed by atoms with Crippen molar-refractivity contribution in [1.29, 1.82) is 0 Å². The minimum atomic E-state index is -0.0709. The van der Waals surface area contributed by atoms with Gasteiger partial charge in [0, 0.05) is 6.42 Å². The van der Waals surface area contributed by atoms with Crippen molar-refractivity contribution in [2.75, 3.05) is 28.3 Å². The number of likely N-dealkylation sites (N-methyl/N-ethyl adjacent to an activating group) is 1. The second-order valence-electron chi connectivity index (χ2n) is 7.13. The highest BCUT2D eigenvalue weighted by Crippen LogP contribution is 2.16. The smallest absolute Gasteiger partial charge is 0.364 e. The van der Waals surface area contributed by atoms with Gasteiger partial charge in [-0.15, -0.1) is 0 Å². The zero-order chi connectivity index (χ0) is 16.1. The highest BCUT2D eigenvalue weighted by molar-refractivity contribution is 5.74. The molecular weight excluding hydrogens is 262 g/mol. The van der Waals surface area contributed by atoms with Crippen LogP contribution >= 0.6 is 0 Å². The van der Waals surface area contributed by atoms with E-state index in [0.29, 0.717) is 4.48 Å². The van der Waals surface area contributed by atoms with E-state index in [0.717, 1.165) is 12.8 Å².